The lowest BCUT2D eigenvalue weighted by Crippen LogP contribution is -2.26. The zero-order valence-electron chi connectivity index (χ0n) is 12.9. The molecule has 0 aliphatic heterocycles. The van der Waals surface area contributed by atoms with Crippen molar-refractivity contribution in [2.24, 2.45) is 0 Å². The van der Waals surface area contributed by atoms with Gasteiger partial charge in [0.25, 0.3) is 0 Å². The van der Waals surface area contributed by atoms with Crippen LogP contribution in [0.2, 0.25) is 0 Å². The Kier molecular flexibility index (Phi) is 4.11. The minimum absolute atomic E-state index is 0.170. The van der Waals surface area contributed by atoms with Crippen molar-refractivity contribution in [1.29, 1.82) is 0 Å². The molecule has 0 radical (unpaired) electrons. The third-order valence-corrected chi connectivity index (χ3v) is 5.44. The molecular formula is C17H17NO4S. The first-order valence-corrected chi connectivity index (χ1v) is 8.52. The van der Waals surface area contributed by atoms with E-state index < -0.39 is 10.0 Å². The van der Waals surface area contributed by atoms with Gasteiger partial charge in [-0.1, -0.05) is 18.2 Å². The molecular weight excluding hydrogens is 314 g/mol. The van der Waals surface area contributed by atoms with E-state index in [0.717, 1.165) is 11.0 Å². The third-order valence-electron chi connectivity index (χ3n) is 3.62. The van der Waals surface area contributed by atoms with Crippen molar-refractivity contribution in [3.05, 3.63) is 60.4 Å². The molecule has 0 fully saturated rings. The Balaban J connectivity index is 1.84. The highest BCUT2D eigenvalue weighted by Crippen LogP contribution is 2.23. The Bertz CT molecular complexity index is 880. The van der Waals surface area contributed by atoms with Gasteiger partial charge >= 0.3 is 0 Å². The molecule has 6 heteroatoms. The summed E-state index contributed by atoms with van der Waals surface area (Å²) < 4.78 is 37.2. The van der Waals surface area contributed by atoms with Gasteiger partial charge in [-0.25, -0.2) is 8.42 Å². The fourth-order valence-electron chi connectivity index (χ4n) is 2.35. The van der Waals surface area contributed by atoms with Gasteiger partial charge in [-0.15, -0.1) is 0 Å². The minimum Gasteiger partial charge on any atom is -0.497 e. The minimum atomic E-state index is -3.58. The number of nitrogens with zero attached hydrogens (tertiary/aromatic N) is 1. The quantitative estimate of drug-likeness (QED) is 0.720. The fraction of sp³-hybridized carbons (Fsp3) is 0.176. The predicted molar refractivity (Wildman–Crippen MR) is 87.9 cm³/mol. The number of hydrogen-bond donors (Lipinski definition) is 0. The van der Waals surface area contributed by atoms with Crippen LogP contribution in [0.15, 0.2) is 63.9 Å². The molecule has 120 valence electrons. The summed E-state index contributed by atoms with van der Waals surface area (Å²) in [4.78, 5) is 0.219. The summed E-state index contributed by atoms with van der Waals surface area (Å²) >= 11 is 0. The average Bonchev–Trinajstić information content (AvgIpc) is 2.97. The second-order valence-corrected chi connectivity index (χ2v) is 7.23. The number of fused-ring (bicyclic) bond motifs is 1. The maximum Gasteiger partial charge on any atom is 0.243 e. The van der Waals surface area contributed by atoms with Crippen molar-refractivity contribution in [2.75, 3.05) is 14.2 Å². The number of para-hydroxylation sites is 1. The highest BCUT2D eigenvalue weighted by molar-refractivity contribution is 7.89. The molecule has 0 atom stereocenters. The Morgan fingerprint density at radius 3 is 2.43 bits per heavy atom. The molecule has 0 spiro atoms. The van der Waals surface area contributed by atoms with E-state index in [1.54, 1.807) is 12.1 Å². The van der Waals surface area contributed by atoms with E-state index in [4.69, 9.17) is 9.15 Å². The summed E-state index contributed by atoms with van der Waals surface area (Å²) in [5.74, 6) is 1.22. The zero-order chi connectivity index (χ0) is 16.4. The molecule has 1 aromatic heterocycles. The SMILES string of the molecule is COc1ccc(S(=O)(=O)N(C)Cc2cc3ccccc3o2)cc1. The Morgan fingerprint density at radius 2 is 1.78 bits per heavy atom. The van der Waals surface area contributed by atoms with Crippen LogP contribution in [0.4, 0.5) is 0 Å². The normalized spacial score (nSPS) is 12.0. The number of furan rings is 1. The predicted octanol–water partition coefficient (Wildman–Crippen LogP) is 3.26. The summed E-state index contributed by atoms with van der Waals surface area (Å²) in [6.07, 6.45) is 0. The monoisotopic (exact) mass is 331 g/mol. The van der Waals surface area contributed by atoms with E-state index >= 15 is 0 Å². The second kappa shape index (κ2) is 6.06. The second-order valence-electron chi connectivity index (χ2n) is 5.19. The standard InChI is InChI=1S/C17H17NO4S/c1-18(12-15-11-13-5-3-4-6-17(13)22-15)23(19,20)16-9-7-14(21-2)8-10-16/h3-11H,12H2,1-2H3. The summed E-state index contributed by atoms with van der Waals surface area (Å²) in [6.45, 7) is 0.170. The Morgan fingerprint density at radius 1 is 1.09 bits per heavy atom. The topological polar surface area (TPSA) is 59.8 Å². The molecule has 0 unspecified atom stereocenters. The lowest BCUT2D eigenvalue weighted by Gasteiger charge is -2.16. The van der Waals surface area contributed by atoms with Crippen LogP contribution in [0, 0.1) is 0 Å². The highest BCUT2D eigenvalue weighted by Gasteiger charge is 2.22. The summed E-state index contributed by atoms with van der Waals surface area (Å²) in [6, 6.07) is 15.8. The molecule has 1 heterocycles. The molecule has 0 saturated carbocycles. The van der Waals surface area contributed by atoms with Gasteiger partial charge in [0, 0.05) is 12.4 Å². The lowest BCUT2D eigenvalue weighted by molar-refractivity contribution is 0.412. The lowest BCUT2D eigenvalue weighted by atomic mass is 10.2. The van der Waals surface area contributed by atoms with Crippen molar-refractivity contribution in [3.63, 3.8) is 0 Å². The molecule has 23 heavy (non-hydrogen) atoms. The van der Waals surface area contributed by atoms with E-state index in [9.17, 15) is 8.42 Å². The number of ether oxygens (including phenoxy) is 1. The van der Waals surface area contributed by atoms with Crippen LogP contribution < -0.4 is 4.74 Å². The van der Waals surface area contributed by atoms with Crippen LogP contribution in [-0.2, 0) is 16.6 Å². The van der Waals surface area contributed by atoms with Crippen molar-refractivity contribution in [1.82, 2.24) is 4.31 Å². The first kappa shape index (κ1) is 15.6. The molecule has 0 amide bonds. The first-order chi connectivity index (χ1) is 11.0. The summed E-state index contributed by atoms with van der Waals surface area (Å²) in [5.41, 5.74) is 0.748. The van der Waals surface area contributed by atoms with Crippen LogP contribution >= 0.6 is 0 Å². The number of methoxy groups -OCH3 is 1. The zero-order valence-corrected chi connectivity index (χ0v) is 13.7. The van der Waals surface area contributed by atoms with E-state index in [-0.39, 0.29) is 11.4 Å². The number of benzene rings is 2. The summed E-state index contributed by atoms with van der Waals surface area (Å²) in [5, 5.41) is 0.956. The van der Waals surface area contributed by atoms with Crippen LogP contribution in [0.25, 0.3) is 11.0 Å². The highest BCUT2D eigenvalue weighted by atomic mass is 32.2. The largest absolute Gasteiger partial charge is 0.497 e. The van der Waals surface area contributed by atoms with Gasteiger partial charge in [0.15, 0.2) is 0 Å². The van der Waals surface area contributed by atoms with E-state index in [1.165, 1.54) is 30.6 Å². The van der Waals surface area contributed by atoms with Crippen LogP contribution in [0.5, 0.6) is 5.75 Å². The van der Waals surface area contributed by atoms with Gasteiger partial charge in [-0.3, -0.25) is 0 Å². The van der Waals surface area contributed by atoms with Crippen molar-refractivity contribution < 1.29 is 17.6 Å². The van der Waals surface area contributed by atoms with Crippen molar-refractivity contribution >= 4 is 21.0 Å². The molecule has 0 aliphatic rings. The van der Waals surface area contributed by atoms with Gasteiger partial charge in [0.1, 0.15) is 17.1 Å². The first-order valence-electron chi connectivity index (χ1n) is 7.08. The maximum absolute atomic E-state index is 12.6. The third kappa shape index (κ3) is 3.09. The smallest absolute Gasteiger partial charge is 0.243 e. The van der Waals surface area contributed by atoms with Crippen LogP contribution in [-0.4, -0.2) is 26.9 Å². The molecule has 0 aliphatic carbocycles. The van der Waals surface area contributed by atoms with Gasteiger partial charge in [0.2, 0.25) is 10.0 Å². The number of sulfonamides is 1. The molecule has 0 N–H and O–H groups in total. The van der Waals surface area contributed by atoms with E-state index in [0.29, 0.717) is 11.5 Å². The van der Waals surface area contributed by atoms with Crippen molar-refractivity contribution in [2.45, 2.75) is 11.4 Å². The van der Waals surface area contributed by atoms with Gasteiger partial charge in [-0.05, 0) is 36.4 Å². The summed E-state index contributed by atoms with van der Waals surface area (Å²) in [7, 11) is -0.508. The maximum atomic E-state index is 12.6. The number of hydrogen-bond acceptors (Lipinski definition) is 4. The average molecular weight is 331 g/mol. The molecule has 5 nitrogen and oxygen atoms in total. The fourth-order valence-corrected chi connectivity index (χ4v) is 3.48. The Labute approximate surface area is 135 Å². The number of rotatable bonds is 5. The van der Waals surface area contributed by atoms with Gasteiger partial charge in [0.05, 0.1) is 18.6 Å². The van der Waals surface area contributed by atoms with Crippen LogP contribution in [0.1, 0.15) is 5.76 Å². The molecule has 3 aromatic rings. The van der Waals surface area contributed by atoms with Gasteiger partial charge in [-0.2, -0.15) is 4.31 Å². The molecule has 2 aromatic carbocycles. The van der Waals surface area contributed by atoms with Crippen LogP contribution in [0.3, 0.4) is 0 Å². The van der Waals surface area contributed by atoms with Gasteiger partial charge < -0.3 is 9.15 Å². The van der Waals surface area contributed by atoms with Crippen molar-refractivity contribution in [3.8, 4) is 5.75 Å². The van der Waals surface area contributed by atoms with E-state index in [2.05, 4.69) is 0 Å². The molecule has 0 saturated heterocycles. The Hall–Kier alpha value is -2.31. The molecule has 0 bridgehead atoms. The molecule has 3 rings (SSSR count). The van der Waals surface area contributed by atoms with E-state index in [1.807, 2.05) is 30.3 Å².